The maximum atomic E-state index is 12.2. The van der Waals surface area contributed by atoms with Crippen LogP contribution in [0.15, 0.2) is 0 Å². The topological polar surface area (TPSA) is 61.4 Å². The Morgan fingerprint density at radius 3 is 2.83 bits per heavy atom. The van der Waals surface area contributed by atoms with Crippen LogP contribution in [0.25, 0.3) is 0 Å². The van der Waals surface area contributed by atoms with Crippen molar-refractivity contribution in [3.8, 4) is 0 Å². The number of carbonyl (C=O) groups excluding carboxylic acids is 2. The van der Waals surface area contributed by atoms with Gasteiger partial charge in [0, 0.05) is 19.1 Å². The number of nitrogens with one attached hydrogen (secondary N) is 2. The van der Waals surface area contributed by atoms with Crippen molar-refractivity contribution in [3.63, 3.8) is 0 Å². The van der Waals surface area contributed by atoms with Gasteiger partial charge in [-0.2, -0.15) is 0 Å². The van der Waals surface area contributed by atoms with Crippen LogP contribution in [0.1, 0.15) is 40.5 Å². The van der Waals surface area contributed by atoms with Gasteiger partial charge in [-0.15, -0.1) is 0 Å². The maximum Gasteiger partial charge on any atom is 0.318 e. The summed E-state index contributed by atoms with van der Waals surface area (Å²) in [6, 6.07) is -0.398. The Morgan fingerprint density at radius 2 is 2.22 bits per heavy atom. The van der Waals surface area contributed by atoms with Crippen molar-refractivity contribution in [2.24, 2.45) is 5.92 Å². The van der Waals surface area contributed by atoms with E-state index in [9.17, 15) is 9.59 Å². The van der Waals surface area contributed by atoms with Crippen molar-refractivity contribution in [2.75, 3.05) is 13.1 Å². The van der Waals surface area contributed by atoms with Gasteiger partial charge in [0.25, 0.3) is 0 Å². The molecule has 2 N–H and O–H groups in total. The first kappa shape index (κ1) is 14.8. The predicted molar refractivity (Wildman–Crippen MR) is 71.2 cm³/mol. The van der Waals surface area contributed by atoms with Crippen LogP contribution in [0.3, 0.4) is 0 Å². The maximum absolute atomic E-state index is 12.2. The molecule has 1 saturated heterocycles. The summed E-state index contributed by atoms with van der Waals surface area (Å²) >= 11 is 0. The second-order valence-electron chi connectivity index (χ2n) is 5.14. The first-order valence-corrected chi connectivity index (χ1v) is 6.82. The van der Waals surface area contributed by atoms with E-state index in [1.165, 1.54) is 0 Å². The molecule has 1 fully saturated rings. The first-order chi connectivity index (χ1) is 8.47. The highest BCUT2D eigenvalue weighted by Gasteiger charge is 2.28. The van der Waals surface area contributed by atoms with E-state index >= 15 is 0 Å². The van der Waals surface area contributed by atoms with Crippen LogP contribution in [0, 0.1) is 5.92 Å². The van der Waals surface area contributed by atoms with Crippen molar-refractivity contribution in [1.82, 2.24) is 15.5 Å². The van der Waals surface area contributed by atoms with E-state index < -0.39 is 6.04 Å². The molecule has 1 rings (SSSR count). The zero-order chi connectivity index (χ0) is 13.7. The molecule has 5 nitrogen and oxygen atoms in total. The predicted octanol–water partition coefficient (Wildman–Crippen LogP) is 1.34. The van der Waals surface area contributed by atoms with Crippen LogP contribution in [0.2, 0.25) is 0 Å². The number of urea groups is 1. The Kier molecular flexibility index (Phi) is 5.44. The third kappa shape index (κ3) is 3.62. The van der Waals surface area contributed by atoms with Gasteiger partial charge in [-0.25, -0.2) is 4.79 Å². The zero-order valence-corrected chi connectivity index (χ0v) is 11.8. The lowest BCUT2D eigenvalue weighted by Crippen LogP contribution is -2.52. The lowest BCUT2D eigenvalue weighted by molar-refractivity contribution is -0.124. The Balaban J connectivity index is 2.61. The Morgan fingerprint density at radius 1 is 1.56 bits per heavy atom. The fourth-order valence-corrected chi connectivity index (χ4v) is 1.99. The summed E-state index contributed by atoms with van der Waals surface area (Å²) in [5.41, 5.74) is 0. The summed E-state index contributed by atoms with van der Waals surface area (Å²) in [5, 5.41) is 5.79. The van der Waals surface area contributed by atoms with E-state index in [1.54, 1.807) is 11.8 Å². The van der Waals surface area contributed by atoms with Crippen molar-refractivity contribution in [2.45, 2.75) is 52.6 Å². The molecule has 18 heavy (non-hydrogen) atoms. The average Bonchev–Trinajstić information content (AvgIpc) is 2.51. The summed E-state index contributed by atoms with van der Waals surface area (Å²) in [4.78, 5) is 25.5. The molecular weight excluding hydrogens is 230 g/mol. The number of hydrogen-bond donors (Lipinski definition) is 2. The van der Waals surface area contributed by atoms with Crippen LogP contribution in [-0.2, 0) is 4.79 Å². The molecule has 0 aromatic heterocycles. The van der Waals surface area contributed by atoms with Crippen LogP contribution < -0.4 is 10.6 Å². The Labute approximate surface area is 109 Å². The summed E-state index contributed by atoms with van der Waals surface area (Å²) in [7, 11) is 0. The zero-order valence-electron chi connectivity index (χ0n) is 11.8. The molecule has 0 aromatic rings. The van der Waals surface area contributed by atoms with Gasteiger partial charge in [-0.1, -0.05) is 20.3 Å². The highest BCUT2D eigenvalue weighted by atomic mass is 16.2. The number of amides is 3. The second-order valence-corrected chi connectivity index (χ2v) is 5.14. The standard InChI is InChI=1S/C13H25N3O2/c1-5-9(2)10(3)15-13(18)16-8-6-7-14-12(17)11(16)4/h9-11H,5-8H2,1-4H3,(H,14,17)(H,15,18). The quantitative estimate of drug-likeness (QED) is 0.799. The molecule has 0 aromatic carbocycles. The number of hydrogen-bond acceptors (Lipinski definition) is 2. The lowest BCUT2D eigenvalue weighted by Gasteiger charge is -2.29. The minimum absolute atomic E-state index is 0.0705. The third-order valence-corrected chi connectivity index (χ3v) is 3.83. The lowest BCUT2D eigenvalue weighted by atomic mass is 10.0. The summed E-state index contributed by atoms with van der Waals surface area (Å²) in [6.07, 6.45) is 1.83. The number of rotatable bonds is 3. The van der Waals surface area contributed by atoms with Crippen molar-refractivity contribution >= 4 is 11.9 Å². The monoisotopic (exact) mass is 255 g/mol. The van der Waals surface area contributed by atoms with E-state index in [4.69, 9.17) is 0 Å². The number of nitrogens with zero attached hydrogens (tertiary/aromatic N) is 1. The molecule has 0 bridgehead atoms. The van der Waals surface area contributed by atoms with E-state index in [0.29, 0.717) is 19.0 Å². The van der Waals surface area contributed by atoms with Crippen molar-refractivity contribution < 1.29 is 9.59 Å². The van der Waals surface area contributed by atoms with Gasteiger partial charge in [0.2, 0.25) is 5.91 Å². The molecule has 0 aliphatic carbocycles. The van der Waals surface area contributed by atoms with E-state index in [-0.39, 0.29) is 18.0 Å². The summed E-state index contributed by atoms with van der Waals surface area (Å²) in [6.45, 7) is 9.27. The molecule has 3 atom stereocenters. The van der Waals surface area contributed by atoms with Gasteiger partial charge in [0.15, 0.2) is 0 Å². The molecule has 0 spiro atoms. The summed E-state index contributed by atoms with van der Waals surface area (Å²) < 4.78 is 0. The van der Waals surface area contributed by atoms with Crippen LogP contribution >= 0.6 is 0 Å². The normalized spacial score (nSPS) is 23.9. The van der Waals surface area contributed by atoms with Gasteiger partial charge in [-0.3, -0.25) is 4.79 Å². The minimum Gasteiger partial charge on any atom is -0.354 e. The van der Waals surface area contributed by atoms with E-state index in [0.717, 1.165) is 12.8 Å². The van der Waals surface area contributed by atoms with Crippen LogP contribution in [0.4, 0.5) is 4.79 Å². The molecule has 1 aliphatic heterocycles. The van der Waals surface area contributed by atoms with Crippen LogP contribution in [0.5, 0.6) is 0 Å². The van der Waals surface area contributed by atoms with E-state index in [2.05, 4.69) is 24.5 Å². The minimum atomic E-state index is -0.392. The smallest absolute Gasteiger partial charge is 0.318 e. The Bertz CT molecular complexity index is 307. The largest absolute Gasteiger partial charge is 0.354 e. The molecule has 3 amide bonds. The highest BCUT2D eigenvalue weighted by Crippen LogP contribution is 2.10. The number of carbonyl (C=O) groups is 2. The van der Waals surface area contributed by atoms with E-state index in [1.807, 2.05) is 6.92 Å². The fourth-order valence-electron chi connectivity index (χ4n) is 1.99. The van der Waals surface area contributed by atoms with Gasteiger partial charge >= 0.3 is 6.03 Å². The van der Waals surface area contributed by atoms with Gasteiger partial charge in [-0.05, 0) is 26.2 Å². The highest BCUT2D eigenvalue weighted by molar-refractivity contribution is 5.87. The molecule has 0 radical (unpaired) electrons. The molecular formula is C13H25N3O2. The van der Waals surface area contributed by atoms with Gasteiger partial charge in [0.1, 0.15) is 6.04 Å². The molecule has 0 saturated carbocycles. The molecule has 1 aliphatic rings. The van der Waals surface area contributed by atoms with Crippen LogP contribution in [-0.4, -0.2) is 42.0 Å². The molecule has 5 heteroatoms. The average molecular weight is 255 g/mol. The first-order valence-electron chi connectivity index (χ1n) is 6.82. The second kappa shape index (κ2) is 6.61. The van der Waals surface area contributed by atoms with Gasteiger partial charge < -0.3 is 15.5 Å². The third-order valence-electron chi connectivity index (χ3n) is 3.83. The molecule has 1 heterocycles. The van der Waals surface area contributed by atoms with Crippen molar-refractivity contribution in [1.29, 1.82) is 0 Å². The van der Waals surface area contributed by atoms with Crippen molar-refractivity contribution in [3.05, 3.63) is 0 Å². The molecule has 104 valence electrons. The van der Waals surface area contributed by atoms with Gasteiger partial charge in [0.05, 0.1) is 0 Å². The Hall–Kier alpha value is -1.26. The summed E-state index contributed by atoms with van der Waals surface area (Å²) in [5.74, 6) is 0.365. The SMILES string of the molecule is CCC(C)C(C)NC(=O)N1CCCNC(=O)C1C. The fraction of sp³-hybridized carbons (Fsp3) is 0.846. The molecule has 3 unspecified atom stereocenters.